The van der Waals surface area contributed by atoms with Crippen LogP contribution in [0.5, 0.6) is 0 Å². The van der Waals surface area contributed by atoms with Gasteiger partial charge in [-0.05, 0) is 26.3 Å². The highest BCUT2D eigenvalue weighted by Crippen LogP contribution is 1.87. The summed E-state index contributed by atoms with van der Waals surface area (Å²) in [6, 6.07) is 0. The van der Waals surface area contributed by atoms with E-state index in [4.69, 9.17) is 5.11 Å². The Hall–Kier alpha value is -0.450. The molecule has 0 aliphatic carbocycles. The lowest BCUT2D eigenvalue weighted by Gasteiger charge is -2.19. The molecular weight excluding hydrogens is 184 g/mol. The maximum atomic E-state index is 8.85. The van der Waals surface area contributed by atoms with Crippen LogP contribution in [0.25, 0.3) is 0 Å². The van der Waals surface area contributed by atoms with Crippen molar-refractivity contribution >= 4 is 17.3 Å². The van der Waals surface area contributed by atoms with Crippen LogP contribution in [0, 0.1) is 0 Å². The van der Waals surface area contributed by atoms with E-state index in [2.05, 4.69) is 23.7 Å². The number of aliphatic hydroxyl groups excluding tert-OH is 1. The average molecular weight is 202 g/mol. The lowest BCUT2D eigenvalue weighted by molar-refractivity contribution is 0.285. The van der Waals surface area contributed by atoms with Crippen LogP contribution in [0.3, 0.4) is 0 Å². The first kappa shape index (κ1) is 12.6. The minimum absolute atomic E-state index is 0.0499. The summed E-state index contributed by atoms with van der Waals surface area (Å²) in [5, 5.41) is 8.90. The molecule has 0 fully saturated rings. The number of nitrogens with zero attached hydrogens (tertiary/aromatic N) is 2. The largest absolute Gasteiger partial charge is 0.501 e. The third-order valence-electron chi connectivity index (χ3n) is 1.71. The normalized spacial score (nSPS) is 10.8. The molecule has 4 heteroatoms. The van der Waals surface area contributed by atoms with Crippen LogP contribution in [0.2, 0.25) is 0 Å². The summed E-state index contributed by atoms with van der Waals surface area (Å²) in [6.45, 7) is 6.86. The summed E-state index contributed by atoms with van der Waals surface area (Å²) in [5.74, 6) is 0. The molecule has 0 radical (unpaired) electrons. The van der Waals surface area contributed by atoms with Gasteiger partial charge in [-0.3, -0.25) is 4.90 Å². The van der Waals surface area contributed by atoms with Gasteiger partial charge in [-0.25, -0.2) is 0 Å². The van der Waals surface area contributed by atoms with E-state index in [0.29, 0.717) is 6.54 Å². The summed E-state index contributed by atoms with van der Waals surface area (Å²) >= 11 is 4.59. The van der Waals surface area contributed by atoms with E-state index >= 15 is 0 Å². The molecule has 0 spiro atoms. The molecule has 0 atom stereocenters. The molecule has 0 aromatic rings. The molecule has 76 valence electrons. The van der Waals surface area contributed by atoms with Crippen LogP contribution in [0.15, 0.2) is 12.7 Å². The monoisotopic (exact) mass is 202 g/mol. The van der Waals surface area contributed by atoms with Crippen molar-refractivity contribution in [3.8, 4) is 0 Å². The van der Waals surface area contributed by atoms with E-state index in [0.717, 1.165) is 19.6 Å². The zero-order valence-corrected chi connectivity index (χ0v) is 9.18. The van der Waals surface area contributed by atoms with Gasteiger partial charge < -0.3 is 10.0 Å². The molecule has 3 nitrogen and oxygen atoms in total. The zero-order chi connectivity index (χ0) is 10.3. The number of aliphatic hydroxyl groups is 1. The van der Waals surface area contributed by atoms with E-state index in [1.807, 2.05) is 25.1 Å². The van der Waals surface area contributed by atoms with Crippen LogP contribution in [-0.4, -0.2) is 60.2 Å². The van der Waals surface area contributed by atoms with Gasteiger partial charge in [0.2, 0.25) is 0 Å². The standard InChI is InChI=1S/C9H18N2OS/c1-4-5-10(2)6-7-11(3)8-9(12)13/h4H,1,5-8H2,2-3H3,(H,12,13). The van der Waals surface area contributed by atoms with Crippen LogP contribution in [-0.2, 0) is 0 Å². The quantitative estimate of drug-likeness (QED) is 0.490. The van der Waals surface area contributed by atoms with E-state index in [-0.39, 0.29) is 5.05 Å². The molecule has 0 aromatic heterocycles. The van der Waals surface area contributed by atoms with Crippen molar-refractivity contribution in [3.05, 3.63) is 12.7 Å². The summed E-state index contributed by atoms with van der Waals surface area (Å²) < 4.78 is 0. The number of thiocarbonyl (C=S) groups is 1. The second-order valence-corrected chi connectivity index (χ2v) is 3.65. The van der Waals surface area contributed by atoms with Crippen molar-refractivity contribution in [1.82, 2.24) is 9.80 Å². The molecule has 0 bridgehead atoms. The Morgan fingerprint density at radius 3 is 2.38 bits per heavy atom. The first-order chi connectivity index (χ1) is 6.06. The Morgan fingerprint density at radius 2 is 1.92 bits per heavy atom. The van der Waals surface area contributed by atoms with Crippen molar-refractivity contribution in [3.63, 3.8) is 0 Å². The number of rotatable bonds is 7. The third-order valence-corrected chi connectivity index (χ3v) is 1.84. The van der Waals surface area contributed by atoms with E-state index < -0.39 is 0 Å². The Labute approximate surface area is 85.6 Å². The van der Waals surface area contributed by atoms with Gasteiger partial charge in [-0.15, -0.1) is 6.58 Å². The van der Waals surface area contributed by atoms with Gasteiger partial charge in [-0.2, -0.15) is 0 Å². The van der Waals surface area contributed by atoms with Crippen LogP contribution >= 0.6 is 12.2 Å². The first-order valence-electron chi connectivity index (χ1n) is 4.26. The molecular formula is C9H18N2OS. The Morgan fingerprint density at radius 1 is 1.38 bits per heavy atom. The van der Waals surface area contributed by atoms with Gasteiger partial charge in [0.05, 0.1) is 6.54 Å². The number of hydrogen-bond acceptors (Lipinski definition) is 3. The van der Waals surface area contributed by atoms with Gasteiger partial charge in [-0.1, -0.05) is 6.08 Å². The highest BCUT2D eigenvalue weighted by molar-refractivity contribution is 7.80. The summed E-state index contributed by atoms with van der Waals surface area (Å²) in [4.78, 5) is 4.14. The Bertz CT molecular complexity index is 173. The fourth-order valence-electron chi connectivity index (χ4n) is 0.963. The lowest BCUT2D eigenvalue weighted by atomic mass is 10.4. The molecule has 0 aromatic carbocycles. The van der Waals surface area contributed by atoms with Crippen molar-refractivity contribution in [2.45, 2.75) is 0 Å². The molecule has 0 aliphatic heterocycles. The molecule has 0 saturated carbocycles. The van der Waals surface area contributed by atoms with Crippen LogP contribution in [0.1, 0.15) is 0 Å². The molecule has 0 rings (SSSR count). The predicted octanol–water partition coefficient (Wildman–Crippen LogP) is 0.921. The molecule has 0 unspecified atom stereocenters. The van der Waals surface area contributed by atoms with Gasteiger partial charge in [0.1, 0.15) is 0 Å². The second-order valence-electron chi connectivity index (χ2n) is 3.18. The highest BCUT2D eigenvalue weighted by Gasteiger charge is 2.02. The maximum absolute atomic E-state index is 8.85. The maximum Gasteiger partial charge on any atom is 0.170 e. The third kappa shape index (κ3) is 7.90. The van der Waals surface area contributed by atoms with Gasteiger partial charge >= 0.3 is 0 Å². The topological polar surface area (TPSA) is 26.7 Å². The zero-order valence-electron chi connectivity index (χ0n) is 8.36. The number of hydrogen-bond donors (Lipinski definition) is 1. The van der Waals surface area contributed by atoms with Gasteiger partial charge in [0.25, 0.3) is 0 Å². The fraction of sp³-hybridized carbons (Fsp3) is 0.667. The van der Waals surface area contributed by atoms with Crippen molar-refractivity contribution < 1.29 is 5.11 Å². The van der Waals surface area contributed by atoms with E-state index in [1.54, 1.807) is 0 Å². The predicted molar refractivity (Wildman–Crippen MR) is 60.4 cm³/mol. The Kier molecular flexibility index (Phi) is 6.76. The highest BCUT2D eigenvalue weighted by atomic mass is 32.1. The second kappa shape index (κ2) is 7.00. The van der Waals surface area contributed by atoms with Gasteiger partial charge in [0.15, 0.2) is 5.05 Å². The number of likely N-dealkylation sites (N-methyl/N-ethyl adjacent to an activating group) is 2. The molecule has 0 aliphatic rings. The molecule has 0 saturated heterocycles. The molecule has 0 heterocycles. The van der Waals surface area contributed by atoms with Crippen molar-refractivity contribution in [2.75, 3.05) is 40.3 Å². The van der Waals surface area contributed by atoms with Crippen LogP contribution < -0.4 is 0 Å². The van der Waals surface area contributed by atoms with Crippen molar-refractivity contribution in [2.24, 2.45) is 0 Å². The van der Waals surface area contributed by atoms with Crippen LogP contribution in [0.4, 0.5) is 0 Å². The minimum atomic E-state index is 0.0499. The lowest BCUT2D eigenvalue weighted by Crippen LogP contribution is -2.33. The summed E-state index contributed by atoms with van der Waals surface area (Å²) in [5.41, 5.74) is 0. The fourth-order valence-corrected chi connectivity index (χ4v) is 1.18. The molecule has 13 heavy (non-hydrogen) atoms. The van der Waals surface area contributed by atoms with Crippen molar-refractivity contribution in [1.29, 1.82) is 0 Å². The Balaban J connectivity index is 3.50. The summed E-state index contributed by atoms with van der Waals surface area (Å²) in [6.07, 6.45) is 1.87. The molecule has 1 N–H and O–H groups in total. The smallest absolute Gasteiger partial charge is 0.170 e. The summed E-state index contributed by atoms with van der Waals surface area (Å²) in [7, 11) is 3.97. The SMILES string of the molecule is C=CCN(C)CCN(C)CC(O)=S. The minimum Gasteiger partial charge on any atom is -0.501 e. The first-order valence-corrected chi connectivity index (χ1v) is 4.67. The van der Waals surface area contributed by atoms with E-state index in [9.17, 15) is 0 Å². The molecule has 0 amide bonds. The van der Waals surface area contributed by atoms with Gasteiger partial charge in [0, 0.05) is 19.6 Å². The van der Waals surface area contributed by atoms with E-state index in [1.165, 1.54) is 0 Å². The average Bonchev–Trinajstić information content (AvgIpc) is 2.00.